The molecule has 0 bridgehead atoms. The molecule has 3 rings (SSSR count). The Morgan fingerprint density at radius 1 is 1.33 bits per heavy atom. The topological polar surface area (TPSA) is 59.1 Å². The van der Waals surface area contributed by atoms with E-state index >= 15 is 0 Å². The van der Waals surface area contributed by atoms with Crippen LogP contribution in [-0.2, 0) is 11.2 Å². The molecule has 5 nitrogen and oxygen atoms in total. The molecular formula is C15H22N4OS. The number of nitrogens with zero attached hydrogens (tertiary/aromatic N) is 2. The quantitative estimate of drug-likeness (QED) is 0.908. The first-order chi connectivity index (χ1) is 10.1. The molecule has 0 saturated carbocycles. The molecule has 0 spiro atoms. The average molecular weight is 306 g/mol. The van der Waals surface area contributed by atoms with Crippen molar-refractivity contribution in [1.82, 2.24) is 9.97 Å². The van der Waals surface area contributed by atoms with E-state index in [2.05, 4.69) is 40.5 Å². The van der Waals surface area contributed by atoms with E-state index in [1.807, 2.05) is 7.05 Å². The van der Waals surface area contributed by atoms with Crippen LogP contribution in [0.15, 0.2) is 6.07 Å². The summed E-state index contributed by atoms with van der Waals surface area (Å²) in [5.74, 6) is 1.61. The maximum absolute atomic E-state index is 5.47. The van der Waals surface area contributed by atoms with Crippen LogP contribution in [-0.4, -0.2) is 35.8 Å². The Bertz CT molecular complexity index is 634. The maximum Gasteiger partial charge on any atom is 0.225 e. The van der Waals surface area contributed by atoms with Gasteiger partial charge in [-0.3, -0.25) is 0 Å². The van der Waals surface area contributed by atoms with Crippen LogP contribution in [0.2, 0.25) is 0 Å². The minimum absolute atomic E-state index is 0.0405. The van der Waals surface area contributed by atoms with Gasteiger partial charge in [0.15, 0.2) is 0 Å². The summed E-state index contributed by atoms with van der Waals surface area (Å²) in [6.07, 6.45) is 3.02. The molecule has 2 aromatic rings. The fourth-order valence-electron chi connectivity index (χ4n) is 2.59. The van der Waals surface area contributed by atoms with E-state index in [0.717, 1.165) is 48.5 Å². The lowest BCUT2D eigenvalue weighted by Gasteiger charge is -2.35. The number of nitrogens with one attached hydrogen (secondary N) is 2. The predicted octanol–water partition coefficient (Wildman–Crippen LogP) is 3.28. The smallest absolute Gasteiger partial charge is 0.225 e. The summed E-state index contributed by atoms with van der Waals surface area (Å²) in [4.78, 5) is 11.6. The molecule has 3 heterocycles. The predicted molar refractivity (Wildman–Crippen MR) is 88.4 cm³/mol. The molecular weight excluding hydrogens is 284 g/mol. The second kappa shape index (κ2) is 5.77. The van der Waals surface area contributed by atoms with Gasteiger partial charge in [-0.15, -0.1) is 11.3 Å². The number of aryl methyl sites for hydroxylation is 1. The minimum atomic E-state index is 0.0405. The molecule has 6 heteroatoms. The SMILES string of the molecule is CCc1cc2c(NC3(C)CCOCC3)nc(NC)nc2s1. The number of hydrogen-bond acceptors (Lipinski definition) is 6. The van der Waals surface area contributed by atoms with Crippen molar-refractivity contribution >= 4 is 33.3 Å². The van der Waals surface area contributed by atoms with Crippen LogP contribution in [0.4, 0.5) is 11.8 Å². The van der Waals surface area contributed by atoms with Gasteiger partial charge in [0.25, 0.3) is 0 Å². The summed E-state index contributed by atoms with van der Waals surface area (Å²) in [6.45, 7) is 6.03. The van der Waals surface area contributed by atoms with Gasteiger partial charge in [0.2, 0.25) is 5.95 Å². The van der Waals surface area contributed by atoms with Gasteiger partial charge in [-0.1, -0.05) is 6.92 Å². The van der Waals surface area contributed by atoms with Gasteiger partial charge in [-0.25, -0.2) is 4.98 Å². The molecule has 0 radical (unpaired) electrons. The van der Waals surface area contributed by atoms with Gasteiger partial charge in [0.1, 0.15) is 10.6 Å². The Hall–Kier alpha value is -1.40. The zero-order valence-electron chi connectivity index (χ0n) is 12.8. The summed E-state index contributed by atoms with van der Waals surface area (Å²) in [7, 11) is 1.86. The van der Waals surface area contributed by atoms with Crippen molar-refractivity contribution < 1.29 is 4.74 Å². The van der Waals surface area contributed by atoms with Gasteiger partial charge in [-0.05, 0) is 32.3 Å². The number of hydrogen-bond donors (Lipinski definition) is 2. The van der Waals surface area contributed by atoms with E-state index in [-0.39, 0.29) is 5.54 Å². The highest BCUT2D eigenvalue weighted by Gasteiger charge is 2.28. The summed E-state index contributed by atoms with van der Waals surface area (Å²) < 4.78 is 5.47. The summed E-state index contributed by atoms with van der Waals surface area (Å²) >= 11 is 1.75. The minimum Gasteiger partial charge on any atom is -0.381 e. The normalized spacial score (nSPS) is 17.9. The summed E-state index contributed by atoms with van der Waals surface area (Å²) in [6, 6.07) is 2.21. The Morgan fingerprint density at radius 3 is 2.76 bits per heavy atom. The van der Waals surface area contributed by atoms with Gasteiger partial charge >= 0.3 is 0 Å². The van der Waals surface area contributed by atoms with Crippen molar-refractivity contribution in [3.05, 3.63) is 10.9 Å². The van der Waals surface area contributed by atoms with E-state index in [1.54, 1.807) is 11.3 Å². The highest BCUT2D eigenvalue weighted by atomic mass is 32.1. The zero-order chi connectivity index (χ0) is 14.9. The van der Waals surface area contributed by atoms with Crippen molar-refractivity contribution in [2.75, 3.05) is 30.9 Å². The van der Waals surface area contributed by atoms with E-state index in [9.17, 15) is 0 Å². The number of aromatic nitrogens is 2. The molecule has 2 aromatic heterocycles. The number of ether oxygens (including phenoxy) is 1. The first-order valence-electron chi connectivity index (χ1n) is 7.48. The van der Waals surface area contributed by atoms with Crippen molar-refractivity contribution in [3.63, 3.8) is 0 Å². The van der Waals surface area contributed by atoms with E-state index in [4.69, 9.17) is 4.74 Å². The van der Waals surface area contributed by atoms with Crippen molar-refractivity contribution in [2.24, 2.45) is 0 Å². The molecule has 2 N–H and O–H groups in total. The van der Waals surface area contributed by atoms with Crippen LogP contribution in [0, 0.1) is 0 Å². The third kappa shape index (κ3) is 2.96. The van der Waals surface area contributed by atoms with Crippen LogP contribution in [0.5, 0.6) is 0 Å². The maximum atomic E-state index is 5.47. The molecule has 1 aliphatic heterocycles. The molecule has 21 heavy (non-hydrogen) atoms. The molecule has 0 atom stereocenters. The standard InChI is InChI=1S/C15H22N4OS/c1-4-10-9-11-12(17-14(16-3)18-13(11)21-10)19-15(2)5-7-20-8-6-15/h9H,4-8H2,1-3H3,(H2,16,17,18,19). The highest BCUT2D eigenvalue weighted by molar-refractivity contribution is 7.18. The highest BCUT2D eigenvalue weighted by Crippen LogP contribution is 2.33. The fraction of sp³-hybridized carbons (Fsp3) is 0.600. The summed E-state index contributed by atoms with van der Waals surface area (Å²) in [5.41, 5.74) is 0.0405. The number of thiophene rings is 1. The number of rotatable bonds is 4. The van der Waals surface area contributed by atoms with Crippen LogP contribution in [0.3, 0.4) is 0 Å². The van der Waals surface area contributed by atoms with Crippen LogP contribution in [0.25, 0.3) is 10.2 Å². The third-order valence-corrected chi connectivity index (χ3v) is 5.21. The van der Waals surface area contributed by atoms with E-state index < -0.39 is 0 Å². The lowest BCUT2D eigenvalue weighted by molar-refractivity contribution is 0.0657. The zero-order valence-corrected chi connectivity index (χ0v) is 13.6. The van der Waals surface area contributed by atoms with E-state index in [0.29, 0.717) is 5.95 Å². The molecule has 1 aliphatic rings. The van der Waals surface area contributed by atoms with E-state index in [1.165, 1.54) is 4.88 Å². The van der Waals surface area contributed by atoms with Crippen LogP contribution < -0.4 is 10.6 Å². The van der Waals surface area contributed by atoms with Crippen LogP contribution >= 0.6 is 11.3 Å². The summed E-state index contributed by atoms with van der Waals surface area (Å²) in [5, 5.41) is 7.83. The third-order valence-electron chi connectivity index (χ3n) is 4.03. The fourth-order valence-corrected chi connectivity index (χ4v) is 3.55. The first kappa shape index (κ1) is 14.5. The monoisotopic (exact) mass is 306 g/mol. The Kier molecular flexibility index (Phi) is 3.99. The van der Waals surface area contributed by atoms with Crippen molar-refractivity contribution in [1.29, 1.82) is 0 Å². The Balaban J connectivity index is 2.00. The lowest BCUT2D eigenvalue weighted by atomic mass is 9.92. The first-order valence-corrected chi connectivity index (χ1v) is 8.29. The average Bonchev–Trinajstić information content (AvgIpc) is 2.91. The van der Waals surface area contributed by atoms with Gasteiger partial charge in [0, 0.05) is 30.7 Å². The van der Waals surface area contributed by atoms with Crippen LogP contribution in [0.1, 0.15) is 31.6 Å². The molecule has 1 fully saturated rings. The molecule has 0 amide bonds. The van der Waals surface area contributed by atoms with Crippen molar-refractivity contribution in [2.45, 2.75) is 38.6 Å². The van der Waals surface area contributed by atoms with Gasteiger partial charge in [0.05, 0.1) is 5.39 Å². The van der Waals surface area contributed by atoms with Gasteiger partial charge < -0.3 is 15.4 Å². The van der Waals surface area contributed by atoms with Crippen molar-refractivity contribution in [3.8, 4) is 0 Å². The largest absolute Gasteiger partial charge is 0.381 e. The Morgan fingerprint density at radius 2 is 2.10 bits per heavy atom. The number of anilines is 2. The number of fused-ring (bicyclic) bond motifs is 1. The molecule has 0 unspecified atom stereocenters. The molecule has 0 aliphatic carbocycles. The molecule has 1 saturated heterocycles. The molecule has 0 aromatic carbocycles. The Labute approximate surface area is 129 Å². The second-order valence-electron chi connectivity index (χ2n) is 5.73. The second-order valence-corrected chi connectivity index (χ2v) is 6.84. The lowest BCUT2D eigenvalue weighted by Crippen LogP contribution is -2.41. The van der Waals surface area contributed by atoms with Gasteiger partial charge in [-0.2, -0.15) is 4.98 Å². The molecule has 114 valence electrons.